The number of nitrogens with two attached hydrogens (primary N) is 1. The summed E-state index contributed by atoms with van der Waals surface area (Å²) in [6.45, 7) is 7.88. The average molecular weight is 292 g/mol. The molecule has 1 saturated carbocycles. The Morgan fingerprint density at radius 2 is 2.00 bits per heavy atom. The second-order valence-electron chi connectivity index (χ2n) is 7.11. The number of nitrogens with zero attached hydrogens (tertiary/aromatic N) is 3. The summed E-state index contributed by atoms with van der Waals surface area (Å²) >= 11 is 0. The van der Waals surface area contributed by atoms with Crippen molar-refractivity contribution >= 4 is 0 Å². The van der Waals surface area contributed by atoms with Crippen LogP contribution >= 0.6 is 0 Å². The predicted molar refractivity (Wildman–Crippen MR) is 88.0 cm³/mol. The lowest BCUT2D eigenvalue weighted by atomic mass is 9.98. The van der Waals surface area contributed by atoms with E-state index in [1.165, 1.54) is 37.7 Å². The Bertz CT molecular complexity index is 418. The topological polar surface area (TPSA) is 47.1 Å². The zero-order valence-electron chi connectivity index (χ0n) is 14.1. The molecule has 120 valence electrons. The van der Waals surface area contributed by atoms with Gasteiger partial charge in [0.05, 0.1) is 12.2 Å². The maximum absolute atomic E-state index is 6.37. The van der Waals surface area contributed by atoms with Crippen molar-refractivity contribution in [1.29, 1.82) is 0 Å². The minimum Gasteiger partial charge on any atom is -0.326 e. The Morgan fingerprint density at radius 3 is 2.48 bits per heavy atom. The highest BCUT2D eigenvalue weighted by atomic mass is 15.3. The van der Waals surface area contributed by atoms with Gasteiger partial charge in [-0.25, -0.2) is 0 Å². The number of aryl methyl sites for hydroxylation is 1. The lowest BCUT2D eigenvalue weighted by Crippen LogP contribution is -2.45. The summed E-state index contributed by atoms with van der Waals surface area (Å²) in [5.74, 6) is 0.733. The van der Waals surface area contributed by atoms with Gasteiger partial charge >= 0.3 is 0 Å². The van der Waals surface area contributed by atoms with Gasteiger partial charge in [0.15, 0.2) is 0 Å². The van der Waals surface area contributed by atoms with Crippen molar-refractivity contribution in [3.05, 3.63) is 18.0 Å². The highest BCUT2D eigenvalue weighted by Gasteiger charge is 2.32. The fourth-order valence-corrected chi connectivity index (χ4v) is 3.58. The first kappa shape index (κ1) is 16.5. The van der Waals surface area contributed by atoms with Gasteiger partial charge in [-0.2, -0.15) is 5.10 Å². The molecule has 0 bridgehead atoms. The van der Waals surface area contributed by atoms with E-state index in [0.29, 0.717) is 12.1 Å². The summed E-state index contributed by atoms with van der Waals surface area (Å²) in [5.41, 5.74) is 7.64. The van der Waals surface area contributed by atoms with Gasteiger partial charge < -0.3 is 5.73 Å². The van der Waals surface area contributed by atoms with E-state index in [2.05, 4.69) is 37.0 Å². The molecule has 2 unspecified atom stereocenters. The standard InChI is InChI=1S/C17H32N4/c1-13(2)9-10-21(16-7-5-6-8-16)17(14(3)18)15-11-19-20(4)12-15/h11-14,16-17H,5-10,18H2,1-4H3. The Hall–Kier alpha value is -0.870. The second-order valence-corrected chi connectivity index (χ2v) is 7.11. The fourth-order valence-electron chi connectivity index (χ4n) is 3.58. The molecule has 0 spiro atoms. The molecule has 1 aliphatic carbocycles. The molecule has 2 rings (SSSR count). The van der Waals surface area contributed by atoms with Gasteiger partial charge in [-0.15, -0.1) is 0 Å². The van der Waals surface area contributed by atoms with E-state index in [0.717, 1.165) is 12.5 Å². The normalized spacial score (nSPS) is 19.6. The van der Waals surface area contributed by atoms with Gasteiger partial charge in [-0.1, -0.05) is 26.7 Å². The van der Waals surface area contributed by atoms with Gasteiger partial charge in [0, 0.05) is 30.9 Å². The molecule has 4 nitrogen and oxygen atoms in total. The van der Waals surface area contributed by atoms with Crippen molar-refractivity contribution in [2.75, 3.05) is 6.54 Å². The van der Waals surface area contributed by atoms with Crippen LogP contribution in [0.15, 0.2) is 12.4 Å². The third-order valence-electron chi connectivity index (χ3n) is 4.68. The summed E-state index contributed by atoms with van der Waals surface area (Å²) in [4.78, 5) is 2.68. The molecular formula is C17H32N4. The van der Waals surface area contributed by atoms with Gasteiger partial charge in [0.2, 0.25) is 0 Å². The molecule has 0 radical (unpaired) electrons. The van der Waals surface area contributed by atoms with E-state index in [1.54, 1.807) is 0 Å². The van der Waals surface area contributed by atoms with Crippen LogP contribution in [0, 0.1) is 5.92 Å². The van der Waals surface area contributed by atoms with Gasteiger partial charge in [-0.3, -0.25) is 9.58 Å². The average Bonchev–Trinajstić information content (AvgIpc) is 3.04. The van der Waals surface area contributed by atoms with E-state index in [-0.39, 0.29) is 6.04 Å². The van der Waals surface area contributed by atoms with Crippen LogP contribution in [0.5, 0.6) is 0 Å². The van der Waals surface area contributed by atoms with Crippen LogP contribution in [0.1, 0.15) is 64.5 Å². The number of hydrogen-bond donors (Lipinski definition) is 1. The molecule has 0 aromatic carbocycles. The molecule has 1 aliphatic rings. The highest BCUT2D eigenvalue weighted by molar-refractivity contribution is 5.14. The number of hydrogen-bond acceptors (Lipinski definition) is 3. The first-order valence-electron chi connectivity index (χ1n) is 8.49. The Labute approximate surface area is 129 Å². The summed E-state index contributed by atoms with van der Waals surface area (Å²) in [6, 6.07) is 1.11. The van der Waals surface area contributed by atoms with Crippen LogP contribution in [0.3, 0.4) is 0 Å². The zero-order valence-corrected chi connectivity index (χ0v) is 14.1. The van der Waals surface area contributed by atoms with Crippen LogP contribution in [-0.2, 0) is 7.05 Å². The highest BCUT2D eigenvalue weighted by Crippen LogP contribution is 2.33. The minimum absolute atomic E-state index is 0.127. The van der Waals surface area contributed by atoms with Gasteiger partial charge in [-0.05, 0) is 38.6 Å². The van der Waals surface area contributed by atoms with Crippen molar-refractivity contribution in [2.24, 2.45) is 18.7 Å². The second kappa shape index (κ2) is 7.41. The van der Waals surface area contributed by atoms with Crippen LogP contribution in [0.4, 0.5) is 0 Å². The molecule has 4 heteroatoms. The minimum atomic E-state index is 0.127. The summed E-state index contributed by atoms with van der Waals surface area (Å²) in [7, 11) is 1.98. The first-order chi connectivity index (χ1) is 9.99. The van der Waals surface area contributed by atoms with Crippen LogP contribution < -0.4 is 5.73 Å². The Morgan fingerprint density at radius 1 is 1.33 bits per heavy atom. The Kier molecular flexibility index (Phi) is 5.82. The monoisotopic (exact) mass is 292 g/mol. The molecule has 1 aromatic rings. The van der Waals surface area contributed by atoms with Crippen molar-refractivity contribution in [3.63, 3.8) is 0 Å². The maximum atomic E-state index is 6.37. The molecular weight excluding hydrogens is 260 g/mol. The summed E-state index contributed by atoms with van der Waals surface area (Å²) in [6.07, 6.45) is 10.7. The summed E-state index contributed by atoms with van der Waals surface area (Å²) in [5, 5.41) is 4.36. The van der Waals surface area contributed by atoms with Crippen molar-refractivity contribution in [1.82, 2.24) is 14.7 Å². The molecule has 1 fully saturated rings. The van der Waals surface area contributed by atoms with E-state index < -0.39 is 0 Å². The molecule has 21 heavy (non-hydrogen) atoms. The lowest BCUT2D eigenvalue weighted by Gasteiger charge is -2.38. The Balaban J connectivity index is 2.21. The summed E-state index contributed by atoms with van der Waals surface area (Å²) < 4.78 is 1.89. The smallest absolute Gasteiger partial charge is 0.0538 e. The lowest BCUT2D eigenvalue weighted by molar-refractivity contribution is 0.112. The van der Waals surface area contributed by atoms with Crippen molar-refractivity contribution in [2.45, 2.75) is 71.0 Å². The van der Waals surface area contributed by atoms with Gasteiger partial charge in [0.25, 0.3) is 0 Å². The van der Waals surface area contributed by atoms with E-state index >= 15 is 0 Å². The van der Waals surface area contributed by atoms with E-state index in [1.807, 2.05) is 17.9 Å². The molecule has 2 atom stereocenters. The number of aromatic nitrogens is 2. The fraction of sp³-hybridized carbons (Fsp3) is 0.824. The SMILES string of the molecule is CC(C)CCN(C1CCCC1)C(c1cnn(C)c1)C(C)N. The molecule has 0 amide bonds. The van der Waals surface area contributed by atoms with Gasteiger partial charge in [0.1, 0.15) is 0 Å². The van der Waals surface area contributed by atoms with Crippen LogP contribution in [0.2, 0.25) is 0 Å². The quantitative estimate of drug-likeness (QED) is 0.840. The first-order valence-corrected chi connectivity index (χ1v) is 8.49. The number of rotatable bonds is 7. The van der Waals surface area contributed by atoms with Crippen molar-refractivity contribution in [3.8, 4) is 0 Å². The third-order valence-corrected chi connectivity index (χ3v) is 4.68. The molecule has 0 saturated heterocycles. The third kappa shape index (κ3) is 4.30. The zero-order chi connectivity index (χ0) is 15.4. The largest absolute Gasteiger partial charge is 0.326 e. The molecule has 2 N–H and O–H groups in total. The molecule has 0 aliphatic heterocycles. The van der Waals surface area contributed by atoms with Crippen molar-refractivity contribution < 1.29 is 0 Å². The van der Waals surface area contributed by atoms with Crippen LogP contribution in [0.25, 0.3) is 0 Å². The van der Waals surface area contributed by atoms with E-state index in [4.69, 9.17) is 5.73 Å². The van der Waals surface area contributed by atoms with Crippen LogP contribution in [-0.4, -0.2) is 33.3 Å². The molecule has 1 heterocycles. The molecule has 1 aromatic heterocycles. The predicted octanol–water partition coefficient (Wildman–Crippen LogP) is 3.10. The maximum Gasteiger partial charge on any atom is 0.0538 e. The van der Waals surface area contributed by atoms with E-state index in [9.17, 15) is 0 Å².